The number of nitrogens with one attached hydrogen (secondary N) is 2. The Kier molecular flexibility index (Phi) is 3.40. The summed E-state index contributed by atoms with van der Waals surface area (Å²) < 4.78 is 0. The molecular weight excluding hydrogens is 242 g/mol. The van der Waals surface area contributed by atoms with Gasteiger partial charge in [0, 0.05) is 31.5 Å². The lowest BCUT2D eigenvalue weighted by atomic mass is 9.97. The minimum Gasteiger partial charge on any atom is -0.338 e. The van der Waals surface area contributed by atoms with Crippen molar-refractivity contribution in [2.24, 2.45) is 0 Å². The van der Waals surface area contributed by atoms with Crippen molar-refractivity contribution in [3.8, 4) is 0 Å². The fraction of sp³-hybridized carbons (Fsp3) is 0.769. The summed E-state index contributed by atoms with van der Waals surface area (Å²) in [5.41, 5.74) is 0. The number of hydrogen-bond donors (Lipinski definition) is 2. The molecule has 2 heterocycles. The lowest BCUT2D eigenvalue weighted by molar-refractivity contribution is 0.179. The topological polar surface area (TPSA) is 73.9 Å². The van der Waals surface area contributed by atoms with Gasteiger partial charge in [-0.25, -0.2) is 9.78 Å². The van der Waals surface area contributed by atoms with Crippen LogP contribution >= 0.6 is 0 Å². The van der Waals surface area contributed by atoms with Gasteiger partial charge in [-0.2, -0.15) is 5.10 Å². The normalized spacial score (nSPS) is 23.4. The third-order valence-electron chi connectivity index (χ3n) is 3.89. The number of carbonyl (C=O) groups excluding carboxylic acids is 1. The van der Waals surface area contributed by atoms with Crippen molar-refractivity contribution in [2.45, 2.75) is 44.4 Å². The number of hydrogen-bond acceptors (Lipinski definition) is 3. The van der Waals surface area contributed by atoms with Gasteiger partial charge in [-0.1, -0.05) is 0 Å². The largest absolute Gasteiger partial charge is 0.338 e. The van der Waals surface area contributed by atoms with Crippen LogP contribution in [0.25, 0.3) is 0 Å². The van der Waals surface area contributed by atoms with Gasteiger partial charge in [0.25, 0.3) is 0 Å². The van der Waals surface area contributed by atoms with Gasteiger partial charge in [0.1, 0.15) is 5.82 Å². The molecule has 2 amide bonds. The first-order chi connectivity index (χ1) is 9.28. The monoisotopic (exact) mass is 263 g/mol. The van der Waals surface area contributed by atoms with Crippen molar-refractivity contribution in [3.05, 3.63) is 11.6 Å². The first kappa shape index (κ1) is 12.4. The molecule has 1 saturated heterocycles. The second kappa shape index (κ2) is 5.19. The number of rotatable bonds is 3. The maximum Gasteiger partial charge on any atom is 0.317 e. The molecule has 6 heteroatoms. The third kappa shape index (κ3) is 2.72. The quantitative estimate of drug-likeness (QED) is 0.869. The molecule has 0 spiro atoms. The van der Waals surface area contributed by atoms with E-state index in [-0.39, 0.29) is 11.9 Å². The highest BCUT2D eigenvalue weighted by Gasteiger charge is 2.30. The molecule has 19 heavy (non-hydrogen) atoms. The average Bonchev–Trinajstić information content (AvgIpc) is 3.17. The number of urea groups is 1. The predicted molar refractivity (Wildman–Crippen MR) is 71.0 cm³/mol. The van der Waals surface area contributed by atoms with E-state index in [4.69, 9.17) is 0 Å². The number of piperidine rings is 1. The Morgan fingerprint density at radius 1 is 1.42 bits per heavy atom. The molecule has 104 valence electrons. The third-order valence-corrected chi connectivity index (χ3v) is 3.89. The van der Waals surface area contributed by atoms with E-state index in [1.54, 1.807) is 0 Å². The van der Waals surface area contributed by atoms with Crippen LogP contribution in [0.1, 0.15) is 56.1 Å². The predicted octanol–water partition coefficient (Wildman–Crippen LogP) is 1.59. The summed E-state index contributed by atoms with van der Waals surface area (Å²) in [5.74, 6) is 2.80. The summed E-state index contributed by atoms with van der Waals surface area (Å²) in [4.78, 5) is 18.4. The van der Waals surface area contributed by atoms with Gasteiger partial charge in [-0.05, 0) is 32.6 Å². The molecule has 0 aromatic carbocycles. The Morgan fingerprint density at radius 2 is 2.26 bits per heavy atom. The summed E-state index contributed by atoms with van der Waals surface area (Å²) >= 11 is 0. The number of likely N-dealkylation sites (tertiary alicyclic amines) is 1. The molecule has 1 saturated carbocycles. The van der Waals surface area contributed by atoms with E-state index in [2.05, 4.69) is 20.5 Å². The fourth-order valence-electron chi connectivity index (χ4n) is 2.65. The van der Waals surface area contributed by atoms with Crippen molar-refractivity contribution in [1.29, 1.82) is 0 Å². The van der Waals surface area contributed by atoms with Gasteiger partial charge in [-0.3, -0.25) is 5.10 Å². The summed E-state index contributed by atoms with van der Waals surface area (Å²) in [7, 11) is 0. The van der Waals surface area contributed by atoms with Gasteiger partial charge >= 0.3 is 6.03 Å². The second-order valence-electron chi connectivity index (χ2n) is 5.47. The Labute approximate surface area is 113 Å². The molecule has 0 radical (unpaired) electrons. The molecule has 1 aromatic rings. The van der Waals surface area contributed by atoms with Crippen LogP contribution in [0.4, 0.5) is 4.79 Å². The van der Waals surface area contributed by atoms with Crippen LogP contribution in [0.5, 0.6) is 0 Å². The van der Waals surface area contributed by atoms with Gasteiger partial charge in [-0.15, -0.1) is 0 Å². The number of H-pyrrole nitrogens is 1. The van der Waals surface area contributed by atoms with E-state index >= 15 is 0 Å². The highest BCUT2D eigenvalue weighted by molar-refractivity contribution is 5.74. The lowest BCUT2D eigenvalue weighted by Gasteiger charge is -2.31. The number of carbonyl (C=O) groups is 1. The average molecular weight is 263 g/mol. The van der Waals surface area contributed by atoms with E-state index in [1.165, 1.54) is 12.8 Å². The Bertz CT molecular complexity index is 454. The first-order valence-corrected chi connectivity index (χ1v) is 7.23. The Hall–Kier alpha value is -1.59. The van der Waals surface area contributed by atoms with Gasteiger partial charge < -0.3 is 10.2 Å². The van der Waals surface area contributed by atoms with Crippen LogP contribution < -0.4 is 5.32 Å². The number of nitrogens with zero attached hydrogens (tertiary/aromatic N) is 3. The molecule has 1 aliphatic carbocycles. The van der Waals surface area contributed by atoms with E-state index in [0.29, 0.717) is 12.5 Å². The molecule has 2 aliphatic rings. The van der Waals surface area contributed by atoms with E-state index in [1.807, 2.05) is 11.8 Å². The lowest BCUT2D eigenvalue weighted by Crippen LogP contribution is -2.45. The van der Waals surface area contributed by atoms with Crippen LogP contribution in [0.2, 0.25) is 0 Å². The summed E-state index contributed by atoms with van der Waals surface area (Å²) in [5, 5.41) is 10.3. The minimum atomic E-state index is 0.0325. The highest BCUT2D eigenvalue weighted by Crippen LogP contribution is 2.38. The molecule has 1 aromatic heterocycles. The molecule has 1 aliphatic heterocycles. The van der Waals surface area contributed by atoms with Gasteiger partial charge in [0.2, 0.25) is 0 Å². The van der Waals surface area contributed by atoms with E-state index in [0.717, 1.165) is 37.6 Å². The van der Waals surface area contributed by atoms with E-state index < -0.39 is 0 Å². The highest BCUT2D eigenvalue weighted by atomic mass is 16.2. The molecule has 2 N–H and O–H groups in total. The van der Waals surface area contributed by atoms with Crippen LogP contribution in [-0.2, 0) is 0 Å². The van der Waals surface area contributed by atoms with Gasteiger partial charge in [0.05, 0.1) is 0 Å². The Morgan fingerprint density at radius 3 is 3.00 bits per heavy atom. The number of aromatic amines is 1. The fourth-order valence-corrected chi connectivity index (χ4v) is 2.65. The maximum atomic E-state index is 11.9. The maximum absolute atomic E-state index is 11.9. The standard InChI is InChI=1S/C13H21N5O/c1-2-14-13(19)18-7-3-4-10(8-18)12-15-11(16-17-12)9-5-6-9/h9-10H,2-8H2,1H3,(H,14,19)(H,15,16,17). The van der Waals surface area contributed by atoms with Crippen LogP contribution in [0.15, 0.2) is 0 Å². The molecular formula is C13H21N5O. The summed E-state index contributed by atoms with van der Waals surface area (Å²) in [6, 6.07) is 0.0325. The van der Waals surface area contributed by atoms with Crippen molar-refractivity contribution >= 4 is 6.03 Å². The van der Waals surface area contributed by atoms with Crippen LogP contribution in [-0.4, -0.2) is 45.7 Å². The van der Waals surface area contributed by atoms with Crippen LogP contribution in [0.3, 0.4) is 0 Å². The molecule has 1 unspecified atom stereocenters. The minimum absolute atomic E-state index is 0.0325. The van der Waals surface area contributed by atoms with Crippen LogP contribution in [0, 0.1) is 0 Å². The Balaban J connectivity index is 1.64. The second-order valence-corrected chi connectivity index (χ2v) is 5.47. The molecule has 0 bridgehead atoms. The molecule has 2 fully saturated rings. The molecule has 1 atom stereocenters. The van der Waals surface area contributed by atoms with E-state index in [9.17, 15) is 4.79 Å². The van der Waals surface area contributed by atoms with Crippen molar-refractivity contribution in [2.75, 3.05) is 19.6 Å². The molecule has 6 nitrogen and oxygen atoms in total. The van der Waals surface area contributed by atoms with Gasteiger partial charge in [0.15, 0.2) is 5.82 Å². The molecule has 3 rings (SSSR count). The summed E-state index contributed by atoms with van der Waals surface area (Å²) in [6.07, 6.45) is 4.54. The number of amides is 2. The zero-order chi connectivity index (χ0) is 13.2. The zero-order valence-electron chi connectivity index (χ0n) is 11.4. The SMILES string of the molecule is CCNC(=O)N1CCCC(c2n[nH]c(C3CC3)n2)C1. The smallest absolute Gasteiger partial charge is 0.317 e. The van der Waals surface area contributed by atoms with Crippen molar-refractivity contribution < 1.29 is 4.79 Å². The van der Waals surface area contributed by atoms with Crippen molar-refractivity contribution in [3.63, 3.8) is 0 Å². The zero-order valence-corrected chi connectivity index (χ0v) is 11.4. The first-order valence-electron chi connectivity index (χ1n) is 7.23. The van der Waals surface area contributed by atoms with Crippen molar-refractivity contribution in [1.82, 2.24) is 25.4 Å². The number of aromatic nitrogens is 3. The summed E-state index contributed by atoms with van der Waals surface area (Å²) in [6.45, 7) is 4.18.